The van der Waals surface area contributed by atoms with Gasteiger partial charge < -0.3 is 0 Å². The quantitative estimate of drug-likeness (QED) is 0.241. The van der Waals surface area contributed by atoms with Crippen LogP contribution in [0, 0.1) is 6.92 Å². The zero-order valence-electron chi connectivity index (χ0n) is 23.1. The molecule has 0 unspecified atom stereocenters. The topological polar surface area (TPSA) is 120 Å². The van der Waals surface area contributed by atoms with Gasteiger partial charge in [-0.05, 0) is 36.0 Å². The van der Waals surface area contributed by atoms with E-state index in [0.717, 1.165) is 63.0 Å². The van der Waals surface area contributed by atoms with Crippen LogP contribution in [0.1, 0.15) is 72.2 Å². The predicted octanol–water partition coefficient (Wildman–Crippen LogP) is 5.52. The van der Waals surface area contributed by atoms with Crippen molar-refractivity contribution in [2.24, 2.45) is 0 Å². The van der Waals surface area contributed by atoms with Gasteiger partial charge in [0.2, 0.25) is 0 Å². The van der Waals surface area contributed by atoms with E-state index in [1.807, 2.05) is 60.0 Å². The second-order valence-corrected chi connectivity index (χ2v) is 11.4. The standard InChI is InChI=1S/C30H32N6O3S/c1-5-6-11-25-31-27(18(2)3)24(16-26-34-33-19(4)40-26)29(37)36(25)17-20-12-14-21(15-13-20)22-9-7-8-10-23(22)28-32-30(38)39-35-28/h7-10,12-15,18H,5-6,11,16-17H2,1-4H3,(H,32,35,38). The normalized spacial score (nSPS) is 11.4. The average Bonchev–Trinajstić information content (AvgIpc) is 3.58. The second-order valence-electron chi connectivity index (χ2n) is 10.1. The van der Waals surface area contributed by atoms with E-state index >= 15 is 0 Å². The van der Waals surface area contributed by atoms with Crippen molar-refractivity contribution in [2.75, 3.05) is 0 Å². The summed E-state index contributed by atoms with van der Waals surface area (Å²) in [5.41, 5.74) is 5.16. The number of unbranched alkanes of at least 4 members (excludes halogenated alkanes) is 1. The third-order valence-electron chi connectivity index (χ3n) is 6.80. The van der Waals surface area contributed by atoms with Crippen molar-refractivity contribution < 1.29 is 4.52 Å². The molecule has 5 rings (SSSR count). The van der Waals surface area contributed by atoms with Gasteiger partial charge >= 0.3 is 5.76 Å². The van der Waals surface area contributed by atoms with Gasteiger partial charge in [0, 0.05) is 24.0 Å². The van der Waals surface area contributed by atoms with Crippen LogP contribution in [-0.4, -0.2) is 29.9 Å². The lowest BCUT2D eigenvalue weighted by Gasteiger charge is -2.19. The molecule has 5 aromatic rings. The molecule has 0 saturated carbocycles. The molecule has 0 spiro atoms. The molecule has 206 valence electrons. The number of rotatable bonds is 10. The number of hydrogen-bond donors (Lipinski definition) is 1. The summed E-state index contributed by atoms with van der Waals surface area (Å²) < 4.78 is 6.54. The van der Waals surface area contributed by atoms with Gasteiger partial charge in [0.15, 0.2) is 5.82 Å². The first kappa shape index (κ1) is 27.4. The third kappa shape index (κ3) is 5.86. The highest BCUT2D eigenvalue weighted by atomic mass is 32.1. The van der Waals surface area contributed by atoms with Crippen LogP contribution in [0.5, 0.6) is 0 Å². The maximum atomic E-state index is 14.0. The number of aromatic amines is 1. The summed E-state index contributed by atoms with van der Waals surface area (Å²) in [6, 6.07) is 15.8. The fourth-order valence-corrected chi connectivity index (χ4v) is 5.53. The molecule has 1 N–H and O–H groups in total. The number of aromatic nitrogens is 6. The first-order valence-electron chi connectivity index (χ1n) is 13.5. The van der Waals surface area contributed by atoms with E-state index in [-0.39, 0.29) is 11.5 Å². The summed E-state index contributed by atoms with van der Waals surface area (Å²) in [6.07, 6.45) is 3.14. The molecule has 3 heterocycles. The molecule has 0 atom stereocenters. The van der Waals surface area contributed by atoms with Crippen molar-refractivity contribution in [1.82, 2.24) is 29.9 Å². The van der Waals surface area contributed by atoms with Crippen LogP contribution in [0.2, 0.25) is 0 Å². The fourth-order valence-electron chi connectivity index (χ4n) is 4.81. The van der Waals surface area contributed by atoms with Crippen molar-refractivity contribution in [2.45, 2.75) is 65.8 Å². The summed E-state index contributed by atoms with van der Waals surface area (Å²) in [7, 11) is 0. The molecule has 0 radical (unpaired) electrons. The van der Waals surface area contributed by atoms with Gasteiger partial charge in [-0.1, -0.05) is 80.9 Å². The summed E-state index contributed by atoms with van der Waals surface area (Å²) in [5.74, 6) is 0.719. The molecular weight excluding hydrogens is 524 g/mol. The van der Waals surface area contributed by atoms with Crippen molar-refractivity contribution in [1.29, 1.82) is 0 Å². The van der Waals surface area contributed by atoms with Crippen molar-refractivity contribution >= 4 is 11.3 Å². The lowest BCUT2D eigenvalue weighted by Crippen LogP contribution is -2.31. The maximum Gasteiger partial charge on any atom is 0.439 e. The van der Waals surface area contributed by atoms with Crippen LogP contribution in [0.25, 0.3) is 22.5 Å². The molecule has 3 aromatic heterocycles. The number of H-pyrrole nitrogens is 1. The Balaban J connectivity index is 1.51. The molecule has 0 fully saturated rings. The molecule has 0 amide bonds. The van der Waals surface area contributed by atoms with Gasteiger partial charge in [-0.2, -0.15) is 0 Å². The number of nitrogens with one attached hydrogen (secondary N) is 1. The van der Waals surface area contributed by atoms with E-state index in [2.05, 4.69) is 41.1 Å². The number of hydrogen-bond acceptors (Lipinski definition) is 8. The zero-order valence-corrected chi connectivity index (χ0v) is 23.9. The Labute approximate surface area is 236 Å². The van der Waals surface area contributed by atoms with Crippen LogP contribution in [-0.2, 0) is 19.4 Å². The minimum absolute atomic E-state index is 0.0120. The van der Waals surface area contributed by atoms with E-state index in [0.29, 0.717) is 24.4 Å². The highest BCUT2D eigenvalue weighted by molar-refractivity contribution is 7.11. The molecular formula is C30H32N6O3S. The second kappa shape index (κ2) is 11.9. The van der Waals surface area contributed by atoms with Gasteiger partial charge in [-0.25, -0.2) is 9.78 Å². The third-order valence-corrected chi connectivity index (χ3v) is 7.64. The molecule has 0 aliphatic heterocycles. The molecule has 0 saturated heterocycles. The summed E-state index contributed by atoms with van der Waals surface area (Å²) in [4.78, 5) is 33.2. The van der Waals surface area contributed by atoms with E-state index in [4.69, 9.17) is 9.51 Å². The fraction of sp³-hybridized carbons (Fsp3) is 0.333. The highest BCUT2D eigenvalue weighted by Gasteiger charge is 2.21. The molecule has 2 aromatic carbocycles. The van der Waals surface area contributed by atoms with Crippen LogP contribution < -0.4 is 11.3 Å². The number of nitrogens with zero attached hydrogens (tertiary/aromatic N) is 5. The average molecular weight is 557 g/mol. The summed E-state index contributed by atoms with van der Waals surface area (Å²) in [5, 5.41) is 14.0. The minimum Gasteiger partial charge on any atom is -0.296 e. The molecule has 0 aliphatic carbocycles. The Morgan fingerprint density at radius 2 is 1.77 bits per heavy atom. The van der Waals surface area contributed by atoms with Crippen LogP contribution in [0.4, 0.5) is 0 Å². The Morgan fingerprint density at radius 1 is 1.02 bits per heavy atom. The monoisotopic (exact) mass is 556 g/mol. The lowest BCUT2D eigenvalue weighted by atomic mass is 9.98. The van der Waals surface area contributed by atoms with E-state index in [9.17, 15) is 9.59 Å². The van der Waals surface area contributed by atoms with Crippen LogP contribution >= 0.6 is 11.3 Å². The highest BCUT2D eigenvalue weighted by Crippen LogP contribution is 2.30. The Hall–Kier alpha value is -4.18. The maximum absolute atomic E-state index is 14.0. The summed E-state index contributed by atoms with van der Waals surface area (Å²) >= 11 is 1.51. The van der Waals surface area contributed by atoms with Gasteiger partial charge in [-0.3, -0.25) is 18.9 Å². The summed E-state index contributed by atoms with van der Waals surface area (Å²) in [6.45, 7) is 8.64. The SMILES string of the molecule is CCCCc1nc(C(C)C)c(Cc2nnc(C)s2)c(=O)n1Cc1ccc(-c2ccccc2-c2noc(=O)[nH]2)cc1. The molecule has 0 aliphatic rings. The molecule has 40 heavy (non-hydrogen) atoms. The van der Waals surface area contributed by atoms with Gasteiger partial charge in [0.25, 0.3) is 5.56 Å². The Morgan fingerprint density at radius 3 is 2.40 bits per heavy atom. The first-order chi connectivity index (χ1) is 19.3. The number of benzene rings is 2. The molecule has 0 bridgehead atoms. The smallest absolute Gasteiger partial charge is 0.296 e. The largest absolute Gasteiger partial charge is 0.439 e. The van der Waals surface area contributed by atoms with Gasteiger partial charge in [0.1, 0.15) is 15.8 Å². The Kier molecular flexibility index (Phi) is 8.16. The van der Waals surface area contributed by atoms with Crippen molar-refractivity contribution in [3.05, 3.63) is 102 Å². The van der Waals surface area contributed by atoms with Gasteiger partial charge in [-0.15, -0.1) is 21.5 Å². The van der Waals surface area contributed by atoms with E-state index in [1.165, 1.54) is 11.3 Å². The Bertz CT molecular complexity index is 1730. The van der Waals surface area contributed by atoms with E-state index in [1.54, 1.807) is 0 Å². The van der Waals surface area contributed by atoms with Crippen LogP contribution in [0.3, 0.4) is 0 Å². The van der Waals surface area contributed by atoms with Crippen molar-refractivity contribution in [3.63, 3.8) is 0 Å². The zero-order chi connectivity index (χ0) is 28.2. The molecule has 9 nitrogen and oxygen atoms in total. The van der Waals surface area contributed by atoms with Crippen molar-refractivity contribution in [3.8, 4) is 22.5 Å². The van der Waals surface area contributed by atoms with E-state index < -0.39 is 5.76 Å². The molecule has 10 heteroatoms. The predicted molar refractivity (Wildman–Crippen MR) is 156 cm³/mol. The number of aryl methyl sites for hydroxylation is 2. The minimum atomic E-state index is -0.595. The first-order valence-corrected chi connectivity index (χ1v) is 14.3. The lowest BCUT2D eigenvalue weighted by molar-refractivity contribution is 0.388. The van der Waals surface area contributed by atoms with Crippen LogP contribution in [0.15, 0.2) is 62.6 Å². The van der Waals surface area contributed by atoms with Gasteiger partial charge in [0.05, 0.1) is 12.2 Å².